The van der Waals surface area contributed by atoms with Crippen molar-refractivity contribution < 1.29 is 0 Å². The third kappa shape index (κ3) is 3.51. The molecule has 8 nitrogen and oxygen atoms in total. The Morgan fingerprint density at radius 2 is 1.97 bits per heavy atom. The Hall–Kier alpha value is -4.07. The zero-order valence-corrected chi connectivity index (χ0v) is 19.2. The van der Waals surface area contributed by atoms with E-state index in [0.717, 1.165) is 29.3 Å². The third-order valence-electron chi connectivity index (χ3n) is 6.58. The molecule has 0 saturated heterocycles. The molecule has 1 aliphatic rings. The monoisotopic (exact) mass is 451 g/mol. The van der Waals surface area contributed by atoms with Crippen molar-refractivity contribution in [3.05, 3.63) is 83.7 Å². The van der Waals surface area contributed by atoms with Gasteiger partial charge in [-0.3, -0.25) is 9.36 Å². The number of fused-ring (bicyclic) bond motifs is 1. The SMILES string of the molecule is CCC(C)n1ccnc1-c1cccc(-n2cnc3ccc(-n4cnc(C5CC5)c4)cc3c2=O)n1. The van der Waals surface area contributed by atoms with Crippen molar-refractivity contribution in [3.63, 3.8) is 0 Å². The second-order valence-corrected chi connectivity index (χ2v) is 8.90. The van der Waals surface area contributed by atoms with Gasteiger partial charge in [-0.1, -0.05) is 13.0 Å². The molecule has 5 aromatic rings. The minimum Gasteiger partial charge on any atom is -0.327 e. The second kappa shape index (κ2) is 8.06. The van der Waals surface area contributed by atoms with Gasteiger partial charge in [0.25, 0.3) is 5.56 Å². The molecule has 4 aromatic heterocycles. The van der Waals surface area contributed by atoms with E-state index in [1.165, 1.54) is 17.4 Å². The lowest BCUT2D eigenvalue weighted by atomic mass is 10.2. The van der Waals surface area contributed by atoms with Gasteiger partial charge in [0.1, 0.15) is 17.8 Å². The summed E-state index contributed by atoms with van der Waals surface area (Å²) in [6.45, 7) is 4.29. The average Bonchev–Trinajstić information content (AvgIpc) is 3.39. The van der Waals surface area contributed by atoms with Crippen LogP contribution in [0.4, 0.5) is 0 Å². The van der Waals surface area contributed by atoms with Crippen LogP contribution in [-0.4, -0.2) is 33.6 Å². The highest BCUT2D eigenvalue weighted by Crippen LogP contribution is 2.39. The third-order valence-corrected chi connectivity index (χ3v) is 6.58. The molecule has 34 heavy (non-hydrogen) atoms. The van der Waals surface area contributed by atoms with Crippen molar-refractivity contribution in [1.29, 1.82) is 0 Å². The maximum Gasteiger partial charge on any atom is 0.267 e. The number of hydrogen-bond donors (Lipinski definition) is 0. The predicted octanol–water partition coefficient (Wildman–Crippen LogP) is 4.68. The highest BCUT2D eigenvalue weighted by molar-refractivity contribution is 5.80. The van der Waals surface area contributed by atoms with Crippen LogP contribution in [0, 0.1) is 0 Å². The summed E-state index contributed by atoms with van der Waals surface area (Å²) in [6.07, 6.45) is 12.5. The van der Waals surface area contributed by atoms with Gasteiger partial charge in [-0.25, -0.2) is 19.9 Å². The highest BCUT2D eigenvalue weighted by Gasteiger charge is 2.25. The Labute approximate surface area is 196 Å². The van der Waals surface area contributed by atoms with E-state index in [2.05, 4.69) is 39.6 Å². The number of rotatable bonds is 6. The van der Waals surface area contributed by atoms with Gasteiger partial charge in [0.15, 0.2) is 5.82 Å². The zero-order chi connectivity index (χ0) is 23.2. The molecule has 0 amide bonds. The fraction of sp³-hybridized carbons (Fsp3) is 0.269. The molecule has 1 aliphatic carbocycles. The van der Waals surface area contributed by atoms with E-state index in [0.29, 0.717) is 28.7 Å². The van der Waals surface area contributed by atoms with Crippen LogP contribution < -0.4 is 5.56 Å². The molecule has 1 atom stereocenters. The summed E-state index contributed by atoms with van der Waals surface area (Å²) in [6, 6.07) is 11.6. The minimum atomic E-state index is -0.163. The van der Waals surface area contributed by atoms with Crippen molar-refractivity contribution in [3.8, 4) is 23.0 Å². The summed E-state index contributed by atoms with van der Waals surface area (Å²) in [5, 5.41) is 0.537. The highest BCUT2D eigenvalue weighted by atomic mass is 16.1. The molecular weight excluding hydrogens is 426 g/mol. The van der Waals surface area contributed by atoms with E-state index >= 15 is 0 Å². The van der Waals surface area contributed by atoms with Crippen molar-refractivity contribution in [2.75, 3.05) is 0 Å². The first-order chi connectivity index (χ1) is 16.6. The summed E-state index contributed by atoms with van der Waals surface area (Å²) in [5.74, 6) is 1.88. The molecule has 0 bridgehead atoms. The molecule has 1 aromatic carbocycles. The summed E-state index contributed by atoms with van der Waals surface area (Å²) >= 11 is 0. The Bertz CT molecular complexity index is 1560. The van der Waals surface area contributed by atoms with Gasteiger partial charge in [-0.2, -0.15) is 0 Å². The van der Waals surface area contributed by atoms with E-state index in [-0.39, 0.29) is 5.56 Å². The number of pyridine rings is 1. The number of benzene rings is 1. The molecule has 0 spiro atoms. The van der Waals surface area contributed by atoms with Gasteiger partial charge in [-0.15, -0.1) is 0 Å². The molecule has 6 rings (SSSR count). The summed E-state index contributed by atoms with van der Waals surface area (Å²) in [5.41, 5.74) is 3.20. The van der Waals surface area contributed by atoms with Crippen LogP contribution in [0.1, 0.15) is 50.8 Å². The molecule has 0 N–H and O–H groups in total. The molecule has 1 fully saturated rings. The summed E-state index contributed by atoms with van der Waals surface area (Å²) < 4.78 is 5.58. The molecule has 0 radical (unpaired) electrons. The van der Waals surface area contributed by atoms with Crippen LogP contribution in [0.2, 0.25) is 0 Å². The Balaban J connectivity index is 1.41. The van der Waals surface area contributed by atoms with Crippen LogP contribution in [0.3, 0.4) is 0 Å². The van der Waals surface area contributed by atoms with E-state index in [1.807, 2.05) is 53.5 Å². The maximum absolute atomic E-state index is 13.5. The quantitative estimate of drug-likeness (QED) is 0.374. The maximum atomic E-state index is 13.5. The standard InChI is InChI=1S/C26H25N7O/c1-3-17(2)32-12-11-27-25(32)22-5-4-6-24(30-22)33-16-29-21-10-9-19(13-20(21)26(33)34)31-14-23(28-15-31)18-7-8-18/h4-6,9-18H,3,7-8H2,1-2H3. The molecule has 8 heteroatoms. The van der Waals surface area contributed by atoms with E-state index in [4.69, 9.17) is 4.98 Å². The lowest BCUT2D eigenvalue weighted by molar-refractivity contribution is 0.535. The number of hydrogen-bond acceptors (Lipinski definition) is 5. The average molecular weight is 452 g/mol. The van der Waals surface area contributed by atoms with Crippen LogP contribution in [0.15, 0.2) is 72.4 Å². The van der Waals surface area contributed by atoms with E-state index < -0.39 is 0 Å². The van der Waals surface area contributed by atoms with E-state index in [9.17, 15) is 4.79 Å². The smallest absolute Gasteiger partial charge is 0.267 e. The first kappa shape index (κ1) is 20.5. The predicted molar refractivity (Wildman–Crippen MR) is 130 cm³/mol. The van der Waals surface area contributed by atoms with Crippen molar-refractivity contribution in [2.45, 2.75) is 45.1 Å². The van der Waals surface area contributed by atoms with E-state index in [1.54, 1.807) is 12.5 Å². The molecular formula is C26H25N7O. The lowest BCUT2D eigenvalue weighted by Crippen LogP contribution is -2.20. The number of imidazole rings is 2. The van der Waals surface area contributed by atoms with Gasteiger partial charge in [0.05, 0.1) is 22.9 Å². The van der Waals surface area contributed by atoms with Crippen LogP contribution in [-0.2, 0) is 0 Å². The van der Waals surface area contributed by atoms with Gasteiger partial charge in [0.2, 0.25) is 0 Å². The first-order valence-electron chi connectivity index (χ1n) is 11.7. The minimum absolute atomic E-state index is 0.163. The van der Waals surface area contributed by atoms with Crippen molar-refractivity contribution >= 4 is 10.9 Å². The Morgan fingerprint density at radius 1 is 1.09 bits per heavy atom. The topological polar surface area (TPSA) is 83.4 Å². The molecule has 4 heterocycles. The first-order valence-corrected chi connectivity index (χ1v) is 11.7. The summed E-state index contributed by atoms with van der Waals surface area (Å²) in [7, 11) is 0. The molecule has 170 valence electrons. The fourth-order valence-corrected chi connectivity index (χ4v) is 4.25. The lowest BCUT2D eigenvalue weighted by Gasteiger charge is -2.14. The second-order valence-electron chi connectivity index (χ2n) is 8.90. The van der Waals surface area contributed by atoms with Crippen molar-refractivity contribution in [1.82, 2.24) is 33.6 Å². The molecule has 1 saturated carbocycles. The number of aromatic nitrogens is 7. The van der Waals surface area contributed by atoms with Gasteiger partial charge >= 0.3 is 0 Å². The number of nitrogens with zero attached hydrogens (tertiary/aromatic N) is 7. The Kier molecular flexibility index (Phi) is 4.86. The van der Waals surface area contributed by atoms with Crippen LogP contribution in [0.25, 0.3) is 33.9 Å². The van der Waals surface area contributed by atoms with Gasteiger partial charge in [-0.05, 0) is 56.5 Å². The van der Waals surface area contributed by atoms with Gasteiger partial charge < -0.3 is 9.13 Å². The van der Waals surface area contributed by atoms with Gasteiger partial charge in [0, 0.05) is 36.2 Å². The zero-order valence-electron chi connectivity index (χ0n) is 19.2. The Morgan fingerprint density at radius 3 is 2.79 bits per heavy atom. The normalized spacial score (nSPS) is 14.5. The summed E-state index contributed by atoms with van der Waals surface area (Å²) in [4.78, 5) is 31.8. The van der Waals surface area contributed by atoms with Crippen LogP contribution >= 0.6 is 0 Å². The van der Waals surface area contributed by atoms with Crippen molar-refractivity contribution in [2.24, 2.45) is 0 Å². The van der Waals surface area contributed by atoms with Crippen LogP contribution in [0.5, 0.6) is 0 Å². The fourth-order valence-electron chi connectivity index (χ4n) is 4.25. The largest absolute Gasteiger partial charge is 0.327 e. The molecule has 1 unspecified atom stereocenters. The molecule has 0 aliphatic heterocycles.